The van der Waals surface area contributed by atoms with Crippen LogP contribution in [0.1, 0.15) is 17.3 Å². The number of amides is 2. The van der Waals surface area contributed by atoms with Gasteiger partial charge < -0.3 is 14.5 Å². The predicted octanol–water partition coefficient (Wildman–Crippen LogP) is 0.0867. The Kier molecular flexibility index (Phi) is 5.42. The molecule has 24 heavy (non-hydrogen) atoms. The van der Waals surface area contributed by atoms with E-state index < -0.39 is 6.04 Å². The van der Waals surface area contributed by atoms with Crippen LogP contribution in [0.3, 0.4) is 0 Å². The topological polar surface area (TPSA) is 66.0 Å². The van der Waals surface area contributed by atoms with Gasteiger partial charge in [-0.3, -0.25) is 19.5 Å². The quantitative estimate of drug-likeness (QED) is 0.785. The van der Waals surface area contributed by atoms with Gasteiger partial charge in [0.1, 0.15) is 6.04 Å². The summed E-state index contributed by atoms with van der Waals surface area (Å²) in [6.07, 6.45) is 3.21. The minimum absolute atomic E-state index is 0.0267. The predicted molar refractivity (Wildman–Crippen MR) is 88.6 cm³/mol. The third-order valence-electron chi connectivity index (χ3n) is 4.71. The van der Waals surface area contributed by atoms with Crippen molar-refractivity contribution >= 4 is 11.8 Å². The fourth-order valence-corrected chi connectivity index (χ4v) is 3.24. The van der Waals surface area contributed by atoms with E-state index >= 15 is 0 Å². The van der Waals surface area contributed by atoms with Crippen LogP contribution in [0.25, 0.3) is 0 Å². The zero-order valence-electron chi connectivity index (χ0n) is 14.1. The first-order chi connectivity index (χ1) is 11.7. The van der Waals surface area contributed by atoms with Gasteiger partial charge in [0.2, 0.25) is 5.91 Å². The third kappa shape index (κ3) is 3.57. The number of hydrogen-bond donors (Lipinski definition) is 0. The van der Waals surface area contributed by atoms with Crippen LogP contribution in [0.5, 0.6) is 0 Å². The van der Waals surface area contributed by atoms with Gasteiger partial charge in [0.15, 0.2) is 0 Å². The molecule has 0 aliphatic carbocycles. The van der Waals surface area contributed by atoms with Gasteiger partial charge >= 0.3 is 0 Å². The number of carbonyl (C=O) groups is 2. The van der Waals surface area contributed by atoms with Crippen LogP contribution in [0, 0.1) is 0 Å². The molecule has 0 bridgehead atoms. The highest BCUT2D eigenvalue weighted by atomic mass is 16.5. The van der Waals surface area contributed by atoms with Crippen molar-refractivity contribution in [2.75, 3.05) is 52.5 Å². The van der Waals surface area contributed by atoms with Gasteiger partial charge in [0.05, 0.1) is 13.2 Å². The largest absolute Gasteiger partial charge is 0.378 e. The highest BCUT2D eigenvalue weighted by Crippen LogP contribution is 2.17. The molecular formula is C17H24N4O3. The number of ether oxygens (including phenoxy) is 1. The molecule has 130 valence electrons. The molecule has 1 aromatic rings. The smallest absolute Gasteiger partial charge is 0.254 e. The van der Waals surface area contributed by atoms with E-state index in [1.807, 2.05) is 4.90 Å². The Balaban J connectivity index is 1.79. The second-order valence-electron chi connectivity index (χ2n) is 6.08. The van der Waals surface area contributed by atoms with Gasteiger partial charge in [0, 0.05) is 50.7 Å². The van der Waals surface area contributed by atoms with Crippen molar-refractivity contribution in [1.29, 1.82) is 0 Å². The Morgan fingerprint density at radius 3 is 2.54 bits per heavy atom. The van der Waals surface area contributed by atoms with Gasteiger partial charge in [-0.1, -0.05) is 6.92 Å². The van der Waals surface area contributed by atoms with E-state index in [0.29, 0.717) is 45.0 Å². The number of likely N-dealkylation sites (N-methyl/N-ethyl adjacent to an activating group) is 1. The number of hydrogen-bond acceptors (Lipinski definition) is 5. The van der Waals surface area contributed by atoms with Gasteiger partial charge in [0.25, 0.3) is 5.91 Å². The minimum Gasteiger partial charge on any atom is -0.378 e. The number of piperazine rings is 1. The molecule has 2 amide bonds. The lowest BCUT2D eigenvalue weighted by molar-refractivity contribution is -0.142. The third-order valence-corrected chi connectivity index (χ3v) is 4.71. The molecule has 0 saturated carbocycles. The Morgan fingerprint density at radius 2 is 1.88 bits per heavy atom. The summed E-state index contributed by atoms with van der Waals surface area (Å²) in [6, 6.07) is 2.97. The molecular weight excluding hydrogens is 308 g/mol. The van der Waals surface area contributed by atoms with Gasteiger partial charge in [-0.05, 0) is 18.7 Å². The Bertz CT molecular complexity index is 574. The molecule has 3 heterocycles. The fraction of sp³-hybridized carbons (Fsp3) is 0.588. The standard InChI is InChI=1S/C17H24N4O3/c1-2-19-7-8-21(16(22)14-3-5-18-6-4-14)15(13-19)17(23)20-9-11-24-12-10-20/h3-6,15H,2,7-13H2,1H3. The zero-order chi connectivity index (χ0) is 16.9. The summed E-state index contributed by atoms with van der Waals surface area (Å²) in [5.74, 6) is -0.0707. The summed E-state index contributed by atoms with van der Waals surface area (Å²) < 4.78 is 5.33. The lowest BCUT2D eigenvalue weighted by atomic mass is 10.1. The van der Waals surface area contributed by atoms with Crippen LogP contribution in [-0.4, -0.2) is 90.0 Å². The van der Waals surface area contributed by atoms with E-state index in [9.17, 15) is 9.59 Å². The molecule has 2 aliphatic rings. The van der Waals surface area contributed by atoms with E-state index in [-0.39, 0.29) is 11.8 Å². The van der Waals surface area contributed by atoms with Crippen molar-refractivity contribution in [1.82, 2.24) is 19.7 Å². The summed E-state index contributed by atoms with van der Waals surface area (Å²) >= 11 is 0. The number of pyridine rings is 1. The SMILES string of the molecule is CCN1CCN(C(=O)c2ccncc2)C(C(=O)N2CCOCC2)C1. The molecule has 0 spiro atoms. The molecule has 2 saturated heterocycles. The number of morpholine rings is 1. The first-order valence-electron chi connectivity index (χ1n) is 8.50. The zero-order valence-corrected chi connectivity index (χ0v) is 14.1. The number of rotatable bonds is 3. The van der Waals surface area contributed by atoms with Crippen molar-refractivity contribution in [2.24, 2.45) is 0 Å². The number of nitrogens with zero attached hydrogens (tertiary/aromatic N) is 4. The van der Waals surface area contributed by atoms with Gasteiger partial charge in [-0.15, -0.1) is 0 Å². The summed E-state index contributed by atoms with van der Waals surface area (Å²) in [5.41, 5.74) is 0.578. The van der Waals surface area contributed by atoms with Gasteiger partial charge in [-0.25, -0.2) is 0 Å². The molecule has 1 atom stereocenters. The summed E-state index contributed by atoms with van der Waals surface area (Å²) in [7, 11) is 0. The molecule has 2 aliphatic heterocycles. The molecule has 7 nitrogen and oxygen atoms in total. The molecule has 1 unspecified atom stereocenters. The molecule has 0 aromatic carbocycles. The van der Waals surface area contributed by atoms with Crippen LogP contribution < -0.4 is 0 Å². The van der Waals surface area contributed by atoms with E-state index in [1.165, 1.54) is 0 Å². The van der Waals surface area contributed by atoms with Crippen LogP contribution in [0.2, 0.25) is 0 Å². The number of aromatic nitrogens is 1. The first-order valence-corrected chi connectivity index (χ1v) is 8.50. The molecule has 2 fully saturated rings. The molecule has 0 radical (unpaired) electrons. The lowest BCUT2D eigenvalue weighted by Gasteiger charge is -2.42. The minimum atomic E-state index is -0.433. The van der Waals surface area contributed by atoms with Crippen LogP contribution >= 0.6 is 0 Å². The van der Waals surface area contributed by atoms with E-state index in [0.717, 1.165) is 13.1 Å². The van der Waals surface area contributed by atoms with Crippen LogP contribution in [0.15, 0.2) is 24.5 Å². The molecule has 7 heteroatoms. The van der Waals surface area contributed by atoms with Crippen molar-refractivity contribution in [3.05, 3.63) is 30.1 Å². The maximum absolute atomic E-state index is 13.0. The maximum atomic E-state index is 13.0. The second-order valence-corrected chi connectivity index (χ2v) is 6.08. The highest BCUT2D eigenvalue weighted by molar-refractivity contribution is 5.97. The summed E-state index contributed by atoms with van der Waals surface area (Å²) in [5, 5.41) is 0. The van der Waals surface area contributed by atoms with E-state index in [1.54, 1.807) is 29.4 Å². The monoisotopic (exact) mass is 332 g/mol. The molecule has 0 N–H and O–H groups in total. The molecule has 1 aromatic heterocycles. The fourth-order valence-electron chi connectivity index (χ4n) is 3.24. The van der Waals surface area contributed by atoms with Crippen molar-refractivity contribution in [3.63, 3.8) is 0 Å². The van der Waals surface area contributed by atoms with E-state index in [4.69, 9.17) is 4.74 Å². The molecule has 3 rings (SSSR count). The maximum Gasteiger partial charge on any atom is 0.254 e. The Labute approximate surface area is 142 Å². The summed E-state index contributed by atoms with van der Waals surface area (Å²) in [4.78, 5) is 35.6. The Hall–Kier alpha value is -1.99. The van der Waals surface area contributed by atoms with Crippen LogP contribution in [-0.2, 0) is 9.53 Å². The first kappa shape index (κ1) is 16.9. The normalized spacial score (nSPS) is 22.5. The summed E-state index contributed by atoms with van der Waals surface area (Å²) in [6.45, 7) is 7.22. The van der Waals surface area contributed by atoms with Crippen molar-refractivity contribution in [2.45, 2.75) is 13.0 Å². The van der Waals surface area contributed by atoms with Crippen LogP contribution in [0.4, 0.5) is 0 Å². The lowest BCUT2D eigenvalue weighted by Crippen LogP contribution is -2.62. The number of carbonyl (C=O) groups excluding carboxylic acids is 2. The average molecular weight is 332 g/mol. The highest BCUT2D eigenvalue weighted by Gasteiger charge is 2.37. The Morgan fingerprint density at radius 1 is 1.17 bits per heavy atom. The van der Waals surface area contributed by atoms with Crippen molar-refractivity contribution < 1.29 is 14.3 Å². The van der Waals surface area contributed by atoms with Crippen molar-refractivity contribution in [3.8, 4) is 0 Å². The van der Waals surface area contributed by atoms with Gasteiger partial charge in [-0.2, -0.15) is 0 Å². The van der Waals surface area contributed by atoms with E-state index in [2.05, 4.69) is 16.8 Å². The second kappa shape index (κ2) is 7.72. The average Bonchev–Trinajstić information content (AvgIpc) is 2.67.